The molecule has 0 fully saturated rings. The first kappa shape index (κ1) is 12.5. The number of nitrogens with zero attached hydrogens (tertiary/aromatic N) is 1. The number of rotatable bonds is 0. The number of aromatic nitrogens is 1. The Hall–Kier alpha value is 0.0800. The molecular formula is C10H4Cl5N. The first-order valence-electron chi connectivity index (χ1n) is 4.21. The van der Waals surface area contributed by atoms with Crippen LogP contribution in [-0.2, 0) is 3.79 Å². The van der Waals surface area contributed by atoms with Gasteiger partial charge in [-0.05, 0) is 24.3 Å². The van der Waals surface area contributed by atoms with Gasteiger partial charge in [0.05, 0.1) is 16.2 Å². The SMILES string of the molecule is Clc1ccc2c(Cl)cc(C(Cl)(Cl)Cl)nc2c1. The topological polar surface area (TPSA) is 12.9 Å². The lowest BCUT2D eigenvalue weighted by Crippen LogP contribution is -2.03. The zero-order valence-electron chi connectivity index (χ0n) is 7.65. The van der Waals surface area contributed by atoms with Gasteiger partial charge in [-0.15, -0.1) is 0 Å². The molecule has 0 atom stereocenters. The Kier molecular flexibility index (Phi) is 3.44. The number of hydrogen-bond acceptors (Lipinski definition) is 1. The summed E-state index contributed by atoms with van der Waals surface area (Å²) in [6.45, 7) is 0. The number of benzene rings is 1. The molecule has 0 amide bonds. The quantitative estimate of drug-likeness (QED) is 0.596. The van der Waals surface area contributed by atoms with Gasteiger partial charge >= 0.3 is 0 Å². The number of hydrogen-bond donors (Lipinski definition) is 0. The van der Waals surface area contributed by atoms with Gasteiger partial charge < -0.3 is 0 Å². The molecule has 0 aliphatic rings. The molecule has 1 nitrogen and oxygen atoms in total. The molecule has 1 heterocycles. The standard InChI is InChI=1S/C10H4Cl5N/c11-5-1-2-6-7(12)4-9(10(13,14)15)16-8(6)3-5/h1-4H. The fourth-order valence-corrected chi connectivity index (χ4v) is 2.02. The fraction of sp³-hybridized carbons (Fsp3) is 0.100. The monoisotopic (exact) mass is 313 g/mol. The molecule has 84 valence electrons. The van der Waals surface area contributed by atoms with E-state index in [1.165, 1.54) is 6.07 Å². The van der Waals surface area contributed by atoms with Crippen molar-refractivity contribution < 1.29 is 0 Å². The molecule has 0 unspecified atom stereocenters. The van der Waals surface area contributed by atoms with Gasteiger partial charge in [0, 0.05) is 10.4 Å². The average molecular weight is 315 g/mol. The van der Waals surface area contributed by atoms with Crippen LogP contribution in [0, 0.1) is 0 Å². The maximum Gasteiger partial charge on any atom is 0.232 e. The van der Waals surface area contributed by atoms with E-state index in [0.29, 0.717) is 15.6 Å². The lowest BCUT2D eigenvalue weighted by molar-refractivity contribution is 1.12. The van der Waals surface area contributed by atoms with Gasteiger partial charge in [0.1, 0.15) is 0 Å². The zero-order valence-corrected chi connectivity index (χ0v) is 11.4. The maximum atomic E-state index is 6.06. The van der Waals surface area contributed by atoms with Crippen molar-refractivity contribution in [1.29, 1.82) is 0 Å². The van der Waals surface area contributed by atoms with Crippen LogP contribution >= 0.6 is 58.0 Å². The predicted molar refractivity (Wildman–Crippen MR) is 71.0 cm³/mol. The molecule has 2 aromatic rings. The maximum absolute atomic E-state index is 6.06. The molecule has 1 aromatic heterocycles. The minimum Gasteiger partial charge on any atom is -0.248 e. The minimum atomic E-state index is -1.60. The number of halogens is 5. The zero-order chi connectivity index (χ0) is 11.9. The Balaban J connectivity index is 2.75. The third-order valence-corrected chi connectivity index (χ3v) is 3.14. The second-order valence-electron chi connectivity index (χ2n) is 3.15. The van der Waals surface area contributed by atoms with E-state index in [1.54, 1.807) is 18.2 Å². The number of pyridine rings is 1. The molecule has 1 aromatic carbocycles. The summed E-state index contributed by atoms with van der Waals surface area (Å²) in [5.74, 6) is 0. The highest BCUT2D eigenvalue weighted by Crippen LogP contribution is 2.39. The Morgan fingerprint density at radius 3 is 2.31 bits per heavy atom. The third-order valence-electron chi connectivity index (χ3n) is 2.01. The summed E-state index contributed by atoms with van der Waals surface area (Å²) in [4.78, 5) is 4.20. The van der Waals surface area contributed by atoms with Gasteiger partial charge in [0.15, 0.2) is 0 Å². The van der Waals surface area contributed by atoms with E-state index in [2.05, 4.69) is 4.98 Å². The Morgan fingerprint density at radius 1 is 1.00 bits per heavy atom. The van der Waals surface area contributed by atoms with Crippen LogP contribution in [0.25, 0.3) is 10.9 Å². The molecule has 0 aliphatic carbocycles. The summed E-state index contributed by atoms with van der Waals surface area (Å²) in [7, 11) is 0. The van der Waals surface area contributed by atoms with Gasteiger partial charge in [-0.25, -0.2) is 4.98 Å². The largest absolute Gasteiger partial charge is 0.248 e. The van der Waals surface area contributed by atoms with Crippen molar-refractivity contribution in [3.63, 3.8) is 0 Å². The molecule has 6 heteroatoms. The summed E-state index contributed by atoms with van der Waals surface area (Å²) in [6, 6.07) is 6.70. The highest BCUT2D eigenvalue weighted by atomic mass is 35.6. The number of fused-ring (bicyclic) bond motifs is 1. The molecule has 0 N–H and O–H groups in total. The summed E-state index contributed by atoms with van der Waals surface area (Å²) in [5, 5.41) is 1.80. The first-order chi connectivity index (χ1) is 7.38. The van der Waals surface area contributed by atoms with E-state index in [1.807, 2.05) is 0 Å². The van der Waals surface area contributed by atoms with Crippen molar-refractivity contribution >= 4 is 68.9 Å². The van der Waals surface area contributed by atoms with Gasteiger partial charge in [0.25, 0.3) is 0 Å². The van der Waals surface area contributed by atoms with Crippen LogP contribution in [0.3, 0.4) is 0 Å². The van der Waals surface area contributed by atoms with E-state index in [4.69, 9.17) is 58.0 Å². The second-order valence-corrected chi connectivity index (χ2v) is 6.27. The van der Waals surface area contributed by atoms with E-state index in [9.17, 15) is 0 Å². The van der Waals surface area contributed by atoms with Crippen molar-refractivity contribution in [2.24, 2.45) is 0 Å². The van der Waals surface area contributed by atoms with E-state index >= 15 is 0 Å². The normalized spacial score (nSPS) is 12.1. The molecule has 0 saturated carbocycles. The van der Waals surface area contributed by atoms with Crippen molar-refractivity contribution in [3.05, 3.63) is 40.0 Å². The second kappa shape index (κ2) is 4.40. The molecule has 0 bridgehead atoms. The summed E-state index contributed by atoms with van der Waals surface area (Å²) in [5.41, 5.74) is 0.874. The highest BCUT2D eigenvalue weighted by molar-refractivity contribution is 6.66. The van der Waals surface area contributed by atoms with Gasteiger partial charge in [0.2, 0.25) is 3.79 Å². The molecule has 0 radical (unpaired) electrons. The summed E-state index contributed by atoms with van der Waals surface area (Å²) < 4.78 is -1.60. The molecule has 0 saturated heterocycles. The highest BCUT2D eigenvalue weighted by Gasteiger charge is 2.25. The van der Waals surface area contributed by atoms with Crippen LogP contribution < -0.4 is 0 Å². The Morgan fingerprint density at radius 2 is 1.69 bits per heavy atom. The first-order valence-corrected chi connectivity index (χ1v) is 6.10. The van der Waals surface area contributed by atoms with Gasteiger partial charge in [-0.1, -0.05) is 58.0 Å². The van der Waals surface area contributed by atoms with Crippen molar-refractivity contribution in [1.82, 2.24) is 4.98 Å². The Bertz CT molecular complexity index is 547. The fourth-order valence-electron chi connectivity index (χ4n) is 1.30. The van der Waals surface area contributed by atoms with Crippen LogP contribution in [0.5, 0.6) is 0 Å². The molecule has 16 heavy (non-hydrogen) atoms. The van der Waals surface area contributed by atoms with Crippen LogP contribution in [0.2, 0.25) is 10.0 Å². The van der Waals surface area contributed by atoms with Crippen molar-refractivity contribution in [2.75, 3.05) is 0 Å². The van der Waals surface area contributed by atoms with Gasteiger partial charge in [-0.3, -0.25) is 0 Å². The summed E-state index contributed by atoms with van der Waals surface area (Å²) in [6.07, 6.45) is 0. The molecule has 0 spiro atoms. The van der Waals surface area contributed by atoms with E-state index < -0.39 is 3.79 Å². The molecule has 2 rings (SSSR count). The lowest BCUT2D eigenvalue weighted by atomic mass is 10.2. The molecule has 0 aliphatic heterocycles. The van der Waals surface area contributed by atoms with Crippen LogP contribution in [0.1, 0.15) is 5.69 Å². The predicted octanol–water partition coefficient (Wildman–Crippen LogP) is 5.37. The summed E-state index contributed by atoms with van der Waals surface area (Å²) >= 11 is 29.2. The van der Waals surface area contributed by atoms with Crippen molar-refractivity contribution in [3.8, 4) is 0 Å². The van der Waals surface area contributed by atoms with Gasteiger partial charge in [-0.2, -0.15) is 0 Å². The van der Waals surface area contributed by atoms with E-state index in [0.717, 1.165) is 5.39 Å². The van der Waals surface area contributed by atoms with Crippen LogP contribution in [0.15, 0.2) is 24.3 Å². The lowest BCUT2D eigenvalue weighted by Gasteiger charge is -2.12. The Labute approximate surface area is 117 Å². The smallest absolute Gasteiger partial charge is 0.232 e. The van der Waals surface area contributed by atoms with Crippen molar-refractivity contribution in [2.45, 2.75) is 3.79 Å². The number of alkyl halides is 3. The van der Waals surface area contributed by atoms with Crippen LogP contribution in [-0.4, -0.2) is 4.98 Å². The van der Waals surface area contributed by atoms with E-state index in [-0.39, 0.29) is 5.69 Å². The van der Waals surface area contributed by atoms with Crippen LogP contribution in [0.4, 0.5) is 0 Å². The minimum absolute atomic E-state index is 0.275. The average Bonchev–Trinajstić information content (AvgIpc) is 2.15. The third kappa shape index (κ3) is 2.49. The molecular weight excluding hydrogens is 311 g/mol.